The second kappa shape index (κ2) is 10.3. The van der Waals surface area contributed by atoms with E-state index in [0.717, 1.165) is 30.2 Å². The van der Waals surface area contributed by atoms with Crippen molar-refractivity contribution in [2.45, 2.75) is 40.9 Å². The van der Waals surface area contributed by atoms with Gasteiger partial charge in [-0.2, -0.15) is 4.98 Å². The molecule has 174 valence electrons. The lowest BCUT2D eigenvalue weighted by Gasteiger charge is -2.10. The van der Waals surface area contributed by atoms with Crippen LogP contribution < -0.4 is 5.32 Å². The fraction of sp³-hybridized carbons (Fsp3) is 0.304. The monoisotopic (exact) mass is 506 g/mol. The lowest BCUT2D eigenvalue weighted by molar-refractivity contribution is -0.119. The number of hydrogen-bond acceptors (Lipinski definition) is 7. The third-order valence-corrected chi connectivity index (χ3v) is 8.13. The summed E-state index contributed by atoms with van der Waals surface area (Å²) in [6, 6.07) is 13.2. The van der Waals surface area contributed by atoms with Crippen molar-refractivity contribution in [1.82, 2.24) is 10.3 Å². The highest BCUT2D eigenvalue weighted by molar-refractivity contribution is 8.00. The van der Waals surface area contributed by atoms with E-state index >= 15 is 0 Å². The Kier molecular flexibility index (Phi) is 7.43. The van der Waals surface area contributed by atoms with Gasteiger partial charge in [0.1, 0.15) is 0 Å². The number of benzene rings is 2. The molecule has 0 aliphatic carbocycles. The Morgan fingerprint density at radius 3 is 2.58 bits per heavy atom. The van der Waals surface area contributed by atoms with Crippen LogP contribution in [-0.2, 0) is 19.4 Å². The Bertz CT molecular complexity index is 1220. The summed E-state index contributed by atoms with van der Waals surface area (Å²) >= 11 is 6.90. The standard InChI is InChI=1S/C23H23ClN2O5S2/c1-15-4-6-16(7-5-15)21-26-22(33(28,29)19-10-8-17(24)9-11-19)23(31-21)32-14-20(27)25-13-18-3-2-12-30-18/h4-11,18H,2-3,12-14H2,1H3,(H,25,27)/t18-/m1/s1. The van der Waals surface area contributed by atoms with E-state index in [1.807, 2.05) is 31.2 Å². The average molecular weight is 507 g/mol. The molecule has 1 fully saturated rings. The van der Waals surface area contributed by atoms with Gasteiger partial charge in [-0.1, -0.05) is 41.1 Å². The number of rotatable bonds is 8. The zero-order valence-electron chi connectivity index (χ0n) is 17.9. The molecule has 0 saturated carbocycles. The van der Waals surface area contributed by atoms with Crippen molar-refractivity contribution in [1.29, 1.82) is 0 Å². The van der Waals surface area contributed by atoms with Crippen molar-refractivity contribution < 1.29 is 22.4 Å². The Morgan fingerprint density at radius 1 is 1.18 bits per heavy atom. The number of carbonyl (C=O) groups excluding carboxylic acids is 1. The minimum Gasteiger partial charge on any atom is -0.428 e. The maximum absolute atomic E-state index is 13.3. The van der Waals surface area contributed by atoms with Crippen LogP contribution in [0.2, 0.25) is 5.02 Å². The van der Waals surface area contributed by atoms with Crippen LogP contribution in [0.5, 0.6) is 0 Å². The van der Waals surface area contributed by atoms with Gasteiger partial charge in [-0.3, -0.25) is 4.79 Å². The van der Waals surface area contributed by atoms with Crippen LogP contribution in [0.25, 0.3) is 11.5 Å². The molecule has 1 atom stereocenters. The maximum atomic E-state index is 13.3. The Labute approximate surface area is 201 Å². The molecule has 1 N–H and O–H groups in total. The van der Waals surface area contributed by atoms with Gasteiger partial charge in [0.2, 0.25) is 31.8 Å². The number of amides is 1. The highest BCUT2D eigenvalue weighted by Crippen LogP contribution is 2.35. The van der Waals surface area contributed by atoms with E-state index in [2.05, 4.69) is 10.3 Å². The van der Waals surface area contributed by atoms with Crippen molar-refractivity contribution in [3.05, 3.63) is 59.1 Å². The second-order valence-corrected chi connectivity index (χ2v) is 10.9. The molecule has 2 aromatic carbocycles. The Morgan fingerprint density at radius 2 is 1.91 bits per heavy atom. The van der Waals surface area contributed by atoms with Crippen LogP contribution in [0.15, 0.2) is 68.0 Å². The molecule has 33 heavy (non-hydrogen) atoms. The highest BCUT2D eigenvalue weighted by Gasteiger charge is 2.29. The minimum atomic E-state index is -3.99. The smallest absolute Gasteiger partial charge is 0.230 e. The van der Waals surface area contributed by atoms with Gasteiger partial charge in [0.05, 0.1) is 16.8 Å². The maximum Gasteiger partial charge on any atom is 0.230 e. The van der Waals surface area contributed by atoms with Gasteiger partial charge in [0.25, 0.3) is 0 Å². The predicted molar refractivity (Wildman–Crippen MR) is 126 cm³/mol. The largest absolute Gasteiger partial charge is 0.428 e. The number of nitrogens with one attached hydrogen (secondary N) is 1. The number of aromatic nitrogens is 1. The van der Waals surface area contributed by atoms with Gasteiger partial charge < -0.3 is 14.5 Å². The predicted octanol–water partition coefficient (Wildman–Crippen LogP) is 4.52. The first-order valence-corrected chi connectivity index (χ1v) is 13.3. The van der Waals surface area contributed by atoms with E-state index < -0.39 is 9.84 Å². The Balaban J connectivity index is 1.59. The van der Waals surface area contributed by atoms with Crippen molar-refractivity contribution >= 4 is 39.1 Å². The van der Waals surface area contributed by atoms with E-state index in [1.165, 1.54) is 24.3 Å². The van der Waals surface area contributed by atoms with E-state index in [0.29, 0.717) is 23.7 Å². The van der Waals surface area contributed by atoms with Gasteiger partial charge in [-0.25, -0.2) is 8.42 Å². The van der Waals surface area contributed by atoms with Gasteiger partial charge in [0.15, 0.2) is 0 Å². The second-order valence-electron chi connectivity index (χ2n) is 7.66. The number of nitrogens with zero attached hydrogens (tertiary/aromatic N) is 1. The number of sulfone groups is 1. The lowest BCUT2D eigenvalue weighted by atomic mass is 10.1. The molecule has 1 aromatic heterocycles. The molecule has 0 bridgehead atoms. The number of hydrogen-bond donors (Lipinski definition) is 1. The summed E-state index contributed by atoms with van der Waals surface area (Å²) in [6.45, 7) is 3.09. The zero-order chi connectivity index (χ0) is 23.4. The highest BCUT2D eigenvalue weighted by atomic mass is 35.5. The van der Waals surface area contributed by atoms with Gasteiger partial charge in [-0.15, -0.1) is 0 Å². The van der Waals surface area contributed by atoms with E-state index in [1.54, 1.807) is 0 Å². The topological polar surface area (TPSA) is 98.5 Å². The summed E-state index contributed by atoms with van der Waals surface area (Å²) in [6.07, 6.45) is 1.93. The van der Waals surface area contributed by atoms with Crippen LogP contribution in [0.1, 0.15) is 18.4 Å². The number of thioether (sulfide) groups is 1. The molecular weight excluding hydrogens is 484 g/mol. The molecule has 1 amide bonds. The number of aryl methyl sites for hydroxylation is 1. The number of ether oxygens (including phenoxy) is 1. The fourth-order valence-electron chi connectivity index (χ4n) is 3.31. The normalized spacial score (nSPS) is 16.1. The molecule has 0 spiro atoms. The minimum absolute atomic E-state index is 0.0155. The summed E-state index contributed by atoms with van der Waals surface area (Å²) in [5.41, 5.74) is 1.69. The van der Waals surface area contributed by atoms with Gasteiger partial charge in [0, 0.05) is 23.7 Å². The number of carbonyl (C=O) groups is 1. The first kappa shape index (κ1) is 23.8. The van der Waals surface area contributed by atoms with E-state index in [4.69, 9.17) is 20.8 Å². The summed E-state index contributed by atoms with van der Waals surface area (Å²) in [5, 5.41) is 3.09. The third kappa shape index (κ3) is 5.78. The average Bonchev–Trinajstić information content (AvgIpc) is 3.47. The molecule has 1 aliphatic heterocycles. The number of halogens is 1. The van der Waals surface area contributed by atoms with Crippen molar-refractivity contribution in [3.63, 3.8) is 0 Å². The summed E-state index contributed by atoms with van der Waals surface area (Å²) in [7, 11) is -3.99. The van der Waals surface area contributed by atoms with Crippen LogP contribution in [0, 0.1) is 6.92 Å². The lowest BCUT2D eigenvalue weighted by Crippen LogP contribution is -2.32. The fourth-order valence-corrected chi connectivity index (χ4v) is 5.80. The first-order chi connectivity index (χ1) is 15.8. The SMILES string of the molecule is Cc1ccc(-c2nc(S(=O)(=O)c3ccc(Cl)cc3)c(SCC(=O)NC[C@H]3CCCO3)o2)cc1. The van der Waals surface area contributed by atoms with Crippen LogP contribution in [0.4, 0.5) is 0 Å². The molecule has 7 nitrogen and oxygen atoms in total. The molecular formula is C23H23ClN2O5S2. The zero-order valence-corrected chi connectivity index (χ0v) is 20.3. The summed E-state index contributed by atoms with van der Waals surface area (Å²) < 4.78 is 38.0. The molecule has 2 heterocycles. The van der Waals surface area contributed by atoms with E-state index in [9.17, 15) is 13.2 Å². The molecule has 0 radical (unpaired) electrons. The van der Waals surface area contributed by atoms with Crippen LogP contribution in [-0.4, -0.2) is 44.3 Å². The third-order valence-electron chi connectivity index (χ3n) is 5.13. The first-order valence-electron chi connectivity index (χ1n) is 10.4. The molecule has 1 aliphatic rings. The van der Waals surface area contributed by atoms with E-state index in [-0.39, 0.29) is 38.7 Å². The molecule has 1 saturated heterocycles. The van der Waals surface area contributed by atoms with Gasteiger partial charge in [-0.05, 0) is 56.2 Å². The van der Waals surface area contributed by atoms with Crippen molar-refractivity contribution in [2.75, 3.05) is 18.9 Å². The van der Waals surface area contributed by atoms with Crippen LogP contribution >= 0.6 is 23.4 Å². The molecule has 4 rings (SSSR count). The summed E-state index contributed by atoms with van der Waals surface area (Å²) in [5.74, 6) is -0.0818. The van der Waals surface area contributed by atoms with Crippen LogP contribution in [0.3, 0.4) is 0 Å². The number of oxazole rings is 1. The molecule has 10 heteroatoms. The van der Waals surface area contributed by atoms with Gasteiger partial charge >= 0.3 is 0 Å². The van der Waals surface area contributed by atoms with Crippen molar-refractivity contribution in [2.24, 2.45) is 0 Å². The molecule has 3 aromatic rings. The Hall–Kier alpha value is -2.33. The van der Waals surface area contributed by atoms with Crippen molar-refractivity contribution in [3.8, 4) is 11.5 Å². The quantitative estimate of drug-likeness (QED) is 0.448. The summed E-state index contributed by atoms with van der Waals surface area (Å²) in [4.78, 5) is 16.7. The molecule has 0 unspecified atom stereocenters.